The SMILES string of the molecule is O=C(NCc1ccc(N2CCOCC2)cc1)c1ccc(NS(=O)(=O)c2ccccc2)cc1. The zero-order chi connectivity index (χ0) is 22.4. The third kappa shape index (κ3) is 5.46. The Morgan fingerprint density at radius 2 is 1.53 bits per heavy atom. The van der Waals surface area contributed by atoms with Gasteiger partial charge in [0.25, 0.3) is 15.9 Å². The number of rotatable bonds is 7. The standard InChI is InChI=1S/C24H25N3O4S/c28-24(25-18-19-6-12-22(13-7-19)27-14-16-31-17-15-27)20-8-10-21(11-9-20)26-32(29,30)23-4-2-1-3-5-23/h1-13,26H,14-18H2,(H,25,28). The van der Waals surface area contributed by atoms with E-state index in [9.17, 15) is 13.2 Å². The van der Waals surface area contributed by atoms with E-state index in [1.165, 1.54) is 12.1 Å². The summed E-state index contributed by atoms with van der Waals surface area (Å²) in [5.74, 6) is -0.222. The molecule has 3 aromatic carbocycles. The van der Waals surface area contributed by atoms with E-state index in [0.717, 1.165) is 37.6 Å². The van der Waals surface area contributed by atoms with Crippen LogP contribution in [0.4, 0.5) is 11.4 Å². The molecule has 8 heteroatoms. The van der Waals surface area contributed by atoms with Crippen LogP contribution in [0.2, 0.25) is 0 Å². The first-order valence-electron chi connectivity index (χ1n) is 10.4. The molecule has 1 amide bonds. The number of sulfonamides is 1. The van der Waals surface area contributed by atoms with Gasteiger partial charge in [-0.25, -0.2) is 8.42 Å². The molecule has 7 nitrogen and oxygen atoms in total. The largest absolute Gasteiger partial charge is 0.378 e. The molecule has 1 heterocycles. The lowest BCUT2D eigenvalue weighted by molar-refractivity contribution is 0.0951. The maximum absolute atomic E-state index is 12.5. The van der Waals surface area contributed by atoms with Crippen molar-refractivity contribution in [1.82, 2.24) is 5.32 Å². The van der Waals surface area contributed by atoms with E-state index in [4.69, 9.17) is 4.74 Å². The van der Waals surface area contributed by atoms with Gasteiger partial charge in [-0.15, -0.1) is 0 Å². The molecule has 1 saturated heterocycles. The van der Waals surface area contributed by atoms with Gasteiger partial charge in [-0.2, -0.15) is 0 Å². The van der Waals surface area contributed by atoms with Crippen LogP contribution in [0.15, 0.2) is 83.8 Å². The van der Waals surface area contributed by atoms with E-state index in [-0.39, 0.29) is 10.8 Å². The molecule has 32 heavy (non-hydrogen) atoms. The number of morpholine rings is 1. The normalized spacial score (nSPS) is 14.1. The first-order valence-corrected chi connectivity index (χ1v) is 11.9. The molecule has 0 atom stereocenters. The summed E-state index contributed by atoms with van der Waals surface area (Å²) in [5.41, 5.74) is 3.00. The molecule has 166 valence electrons. The summed E-state index contributed by atoms with van der Waals surface area (Å²) in [6, 6.07) is 22.6. The Hall–Kier alpha value is -3.36. The van der Waals surface area contributed by atoms with E-state index in [2.05, 4.69) is 27.1 Å². The summed E-state index contributed by atoms with van der Waals surface area (Å²) in [7, 11) is -3.67. The summed E-state index contributed by atoms with van der Waals surface area (Å²) in [5, 5.41) is 2.90. The van der Waals surface area contributed by atoms with Gasteiger partial charge in [-0.1, -0.05) is 30.3 Å². The highest BCUT2D eigenvalue weighted by molar-refractivity contribution is 7.92. The molecule has 1 aliphatic rings. The van der Waals surface area contributed by atoms with Crippen LogP contribution in [0.25, 0.3) is 0 Å². The van der Waals surface area contributed by atoms with Gasteiger partial charge in [0.1, 0.15) is 0 Å². The first kappa shape index (κ1) is 21.9. The van der Waals surface area contributed by atoms with Crippen molar-refractivity contribution < 1.29 is 17.9 Å². The van der Waals surface area contributed by atoms with Gasteiger partial charge < -0.3 is 15.0 Å². The molecule has 0 spiro atoms. The fourth-order valence-electron chi connectivity index (χ4n) is 3.43. The van der Waals surface area contributed by atoms with Crippen LogP contribution in [0.5, 0.6) is 0 Å². The zero-order valence-electron chi connectivity index (χ0n) is 17.5. The number of ether oxygens (including phenoxy) is 1. The number of hydrogen-bond donors (Lipinski definition) is 2. The third-order valence-corrected chi connectivity index (χ3v) is 6.62. The maximum Gasteiger partial charge on any atom is 0.261 e. The van der Waals surface area contributed by atoms with Crippen LogP contribution in [-0.4, -0.2) is 40.6 Å². The average molecular weight is 452 g/mol. The quantitative estimate of drug-likeness (QED) is 0.576. The number of carbonyl (C=O) groups excluding carboxylic acids is 1. The number of carbonyl (C=O) groups is 1. The summed E-state index contributed by atoms with van der Waals surface area (Å²) in [6.07, 6.45) is 0. The molecule has 0 saturated carbocycles. The second-order valence-corrected chi connectivity index (χ2v) is 9.13. The van der Waals surface area contributed by atoms with Crippen molar-refractivity contribution in [2.24, 2.45) is 0 Å². The van der Waals surface area contributed by atoms with Crippen molar-refractivity contribution in [1.29, 1.82) is 0 Å². The fourth-order valence-corrected chi connectivity index (χ4v) is 4.51. The van der Waals surface area contributed by atoms with Gasteiger partial charge >= 0.3 is 0 Å². The second-order valence-electron chi connectivity index (χ2n) is 7.44. The number of amides is 1. The number of benzene rings is 3. The predicted molar refractivity (Wildman–Crippen MR) is 124 cm³/mol. The molecule has 0 radical (unpaired) electrons. The molecule has 0 aliphatic carbocycles. The lowest BCUT2D eigenvalue weighted by atomic mass is 10.1. The lowest BCUT2D eigenvalue weighted by Crippen LogP contribution is -2.36. The number of hydrogen-bond acceptors (Lipinski definition) is 5. The smallest absolute Gasteiger partial charge is 0.261 e. The Labute approximate surface area is 188 Å². The average Bonchev–Trinajstić information content (AvgIpc) is 2.84. The number of anilines is 2. The zero-order valence-corrected chi connectivity index (χ0v) is 18.3. The van der Waals surface area contributed by atoms with Crippen molar-refractivity contribution in [3.05, 3.63) is 90.0 Å². The van der Waals surface area contributed by atoms with Crippen molar-refractivity contribution >= 4 is 27.3 Å². The maximum atomic E-state index is 12.5. The van der Waals surface area contributed by atoms with Gasteiger partial charge in [-0.3, -0.25) is 9.52 Å². The van der Waals surface area contributed by atoms with E-state index in [1.54, 1.807) is 42.5 Å². The Morgan fingerprint density at radius 1 is 0.875 bits per heavy atom. The lowest BCUT2D eigenvalue weighted by Gasteiger charge is -2.28. The van der Waals surface area contributed by atoms with E-state index in [1.807, 2.05) is 12.1 Å². The number of nitrogens with one attached hydrogen (secondary N) is 2. The molecule has 1 fully saturated rings. The highest BCUT2D eigenvalue weighted by atomic mass is 32.2. The fraction of sp³-hybridized carbons (Fsp3) is 0.208. The summed E-state index contributed by atoms with van der Waals surface area (Å²) in [6.45, 7) is 3.65. The van der Waals surface area contributed by atoms with Gasteiger partial charge in [0, 0.05) is 36.6 Å². The monoisotopic (exact) mass is 451 g/mol. The van der Waals surface area contributed by atoms with E-state index < -0.39 is 10.0 Å². The Bertz CT molecular complexity index is 1140. The van der Waals surface area contributed by atoms with Crippen LogP contribution in [0, 0.1) is 0 Å². The highest BCUT2D eigenvalue weighted by Gasteiger charge is 2.14. The summed E-state index contributed by atoms with van der Waals surface area (Å²) < 4.78 is 32.7. The Balaban J connectivity index is 1.32. The molecule has 2 N–H and O–H groups in total. The van der Waals surface area contributed by atoms with Gasteiger partial charge in [0.2, 0.25) is 0 Å². The molecule has 3 aromatic rings. The molecule has 0 aromatic heterocycles. The van der Waals surface area contributed by atoms with Crippen LogP contribution in [-0.2, 0) is 21.3 Å². The van der Waals surface area contributed by atoms with E-state index >= 15 is 0 Å². The molecule has 4 rings (SSSR count). The van der Waals surface area contributed by atoms with Crippen LogP contribution in [0.1, 0.15) is 15.9 Å². The van der Waals surface area contributed by atoms with E-state index in [0.29, 0.717) is 17.8 Å². The van der Waals surface area contributed by atoms with Crippen LogP contribution < -0.4 is 14.9 Å². The number of nitrogens with zero attached hydrogens (tertiary/aromatic N) is 1. The molecule has 1 aliphatic heterocycles. The van der Waals surface area contributed by atoms with Crippen LogP contribution >= 0.6 is 0 Å². The molecule has 0 unspecified atom stereocenters. The minimum atomic E-state index is -3.67. The first-order chi connectivity index (χ1) is 15.5. The van der Waals surface area contributed by atoms with Crippen molar-refractivity contribution in [3.63, 3.8) is 0 Å². The highest BCUT2D eigenvalue weighted by Crippen LogP contribution is 2.18. The predicted octanol–water partition coefficient (Wildman–Crippen LogP) is 3.25. The summed E-state index contributed by atoms with van der Waals surface area (Å²) >= 11 is 0. The Kier molecular flexibility index (Phi) is 6.72. The minimum Gasteiger partial charge on any atom is -0.378 e. The Morgan fingerprint density at radius 3 is 2.19 bits per heavy atom. The van der Waals surface area contributed by atoms with Crippen LogP contribution in [0.3, 0.4) is 0 Å². The molecular weight excluding hydrogens is 426 g/mol. The topological polar surface area (TPSA) is 87.7 Å². The minimum absolute atomic E-state index is 0.182. The van der Waals surface area contributed by atoms with Gasteiger partial charge in [-0.05, 0) is 54.1 Å². The van der Waals surface area contributed by atoms with Crippen molar-refractivity contribution in [2.45, 2.75) is 11.4 Å². The third-order valence-electron chi connectivity index (χ3n) is 5.22. The van der Waals surface area contributed by atoms with Crippen molar-refractivity contribution in [2.75, 3.05) is 35.9 Å². The van der Waals surface area contributed by atoms with Gasteiger partial charge in [0.05, 0.1) is 18.1 Å². The second kappa shape index (κ2) is 9.84. The molecular formula is C24H25N3O4S. The molecule has 0 bridgehead atoms. The van der Waals surface area contributed by atoms with Crippen molar-refractivity contribution in [3.8, 4) is 0 Å². The summed E-state index contributed by atoms with van der Waals surface area (Å²) in [4.78, 5) is 14.9. The van der Waals surface area contributed by atoms with Gasteiger partial charge in [0.15, 0.2) is 0 Å².